The van der Waals surface area contributed by atoms with Gasteiger partial charge in [-0.1, -0.05) is 0 Å². The van der Waals surface area contributed by atoms with E-state index in [4.69, 9.17) is 6.42 Å². The van der Waals surface area contributed by atoms with E-state index in [1.54, 1.807) is 20.8 Å². The van der Waals surface area contributed by atoms with Crippen LogP contribution in [0.1, 0.15) is 40.0 Å². The second-order valence-electron chi connectivity index (χ2n) is 4.09. The average molecular weight is 319 g/mol. The molecule has 0 aliphatic carbocycles. The molecule has 0 bridgehead atoms. The number of rotatable bonds is 3. The van der Waals surface area contributed by atoms with Crippen molar-refractivity contribution in [3.63, 3.8) is 0 Å². The molecule has 0 saturated heterocycles. The summed E-state index contributed by atoms with van der Waals surface area (Å²) in [7, 11) is -2.91. The van der Waals surface area contributed by atoms with Crippen LogP contribution in [0.4, 0.5) is 0 Å². The van der Waals surface area contributed by atoms with Crippen LogP contribution in [-0.4, -0.2) is 18.9 Å². The molecular formula is C12H22O2SY-2. The Morgan fingerprint density at radius 3 is 1.69 bits per heavy atom. The van der Waals surface area contributed by atoms with Crippen LogP contribution in [0.5, 0.6) is 0 Å². The Hall–Kier alpha value is 0.614. The van der Waals surface area contributed by atoms with E-state index in [1.807, 2.05) is 0 Å². The van der Waals surface area contributed by atoms with Crippen LogP contribution in [-0.2, 0) is 42.5 Å². The molecule has 16 heavy (non-hydrogen) atoms. The first-order chi connectivity index (χ1) is 6.72. The number of terminal acetylenes is 1. The Morgan fingerprint density at radius 2 is 1.62 bits per heavy atom. The largest absolute Gasteiger partial charge is 0.342 e. The Bertz CT molecular complexity index is 281. The molecule has 93 valence electrons. The maximum absolute atomic E-state index is 11.2. The molecule has 0 atom stereocenters. The molecule has 2 nitrogen and oxygen atoms in total. The van der Waals surface area contributed by atoms with Crippen molar-refractivity contribution in [2.75, 3.05) is 5.75 Å². The first kappa shape index (κ1) is 21.9. The molecule has 0 aromatic heterocycles. The fraction of sp³-hybridized carbons (Fsp3) is 0.667. The van der Waals surface area contributed by atoms with Gasteiger partial charge in [0.25, 0.3) is 0 Å². The summed E-state index contributed by atoms with van der Waals surface area (Å²) in [6.07, 6.45) is 6.97. The smallest absolute Gasteiger partial charge is 0.152 e. The molecule has 0 amide bonds. The van der Waals surface area contributed by atoms with Gasteiger partial charge in [0, 0.05) is 38.5 Å². The van der Waals surface area contributed by atoms with Gasteiger partial charge in [0.15, 0.2) is 9.84 Å². The molecular weight excluding hydrogens is 297 g/mol. The van der Waals surface area contributed by atoms with Crippen molar-refractivity contribution in [3.8, 4) is 12.3 Å². The van der Waals surface area contributed by atoms with Crippen molar-refractivity contribution >= 4 is 9.84 Å². The van der Waals surface area contributed by atoms with Crippen LogP contribution in [0.25, 0.3) is 0 Å². The number of hydrogen-bond acceptors (Lipinski definition) is 2. The first-order valence-corrected chi connectivity index (χ1v) is 6.62. The van der Waals surface area contributed by atoms with Crippen LogP contribution < -0.4 is 0 Å². The molecule has 0 N–H and O–H groups in total. The van der Waals surface area contributed by atoms with Crippen molar-refractivity contribution < 1.29 is 41.1 Å². The van der Waals surface area contributed by atoms with Crippen LogP contribution in [0.3, 0.4) is 0 Å². The predicted octanol–water partition coefficient (Wildman–Crippen LogP) is 2.66. The van der Waals surface area contributed by atoms with E-state index in [0.717, 1.165) is 12.8 Å². The van der Waals surface area contributed by atoms with Gasteiger partial charge < -0.3 is 13.8 Å². The van der Waals surface area contributed by atoms with Crippen LogP contribution >= 0.6 is 0 Å². The summed E-state index contributed by atoms with van der Waals surface area (Å²) in [6.45, 7) is 12.2. The molecule has 0 aromatic carbocycles. The van der Waals surface area contributed by atoms with Gasteiger partial charge in [-0.05, 0) is 27.2 Å². The summed E-state index contributed by atoms with van der Waals surface area (Å²) in [4.78, 5) is 0. The van der Waals surface area contributed by atoms with Crippen LogP contribution in [0.15, 0.2) is 0 Å². The topological polar surface area (TPSA) is 34.1 Å². The van der Waals surface area contributed by atoms with Gasteiger partial charge in [0.05, 0.1) is 4.75 Å². The van der Waals surface area contributed by atoms with Crippen molar-refractivity contribution in [2.45, 2.75) is 44.8 Å². The first-order valence-electron chi connectivity index (χ1n) is 4.97. The molecule has 1 radical (unpaired) electrons. The number of unbranched alkanes of at least 4 members (excludes halogenated alkanes) is 1. The fourth-order valence-electron chi connectivity index (χ4n) is 0.598. The normalized spacial score (nSPS) is 10.5. The Kier molecular flexibility index (Phi) is 14.7. The van der Waals surface area contributed by atoms with E-state index in [-0.39, 0.29) is 38.5 Å². The molecule has 0 aliphatic rings. The monoisotopic (exact) mass is 319 g/mol. The maximum atomic E-state index is 11.2. The number of sulfone groups is 1. The van der Waals surface area contributed by atoms with Crippen LogP contribution in [0, 0.1) is 26.2 Å². The second kappa shape index (κ2) is 10.7. The minimum absolute atomic E-state index is 0. The molecule has 0 fully saturated rings. The van der Waals surface area contributed by atoms with E-state index in [9.17, 15) is 8.42 Å². The van der Waals surface area contributed by atoms with E-state index in [0.29, 0.717) is 6.42 Å². The zero-order chi connectivity index (χ0) is 12.5. The number of hydrogen-bond donors (Lipinski definition) is 0. The van der Waals surface area contributed by atoms with E-state index >= 15 is 0 Å². The summed E-state index contributed by atoms with van der Waals surface area (Å²) < 4.78 is 21.8. The fourth-order valence-corrected chi connectivity index (χ4v) is 1.59. The molecule has 0 aliphatic heterocycles. The quantitative estimate of drug-likeness (QED) is 0.592. The molecule has 0 rings (SSSR count). The Labute approximate surface area is 127 Å². The molecule has 0 unspecified atom stereocenters. The third kappa shape index (κ3) is 11.1. The summed E-state index contributed by atoms with van der Waals surface area (Å²) in [5.74, 6) is 2.65. The van der Waals surface area contributed by atoms with Gasteiger partial charge in [-0.2, -0.15) is 12.8 Å². The van der Waals surface area contributed by atoms with Crippen molar-refractivity contribution in [3.05, 3.63) is 13.8 Å². The molecule has 0 spiro atoms. The predicted molar refractivity (Wildman–Crippen MR) is 66.9 cm³/mol. The standard InChI is InChI=1S/C7H15O2S.C5H7.Y/c1-5-6-10(8,9)7(2,3)4;1-3-5-4-2;/h1,5-6H2,2-4H3;1H,2,4-5H2;/q2*-1;. The van der Waals surface area contributed by atoms with Crippen molar-refractivity contribution in [1.29, 1.82) is 0 Å². The van der Waals surface area contributed by atoms with Crippen molar-refractivity contribution in [2.24, 2.45) is 0 Å². The van der Waals surface area contributed by atoms with E-state index in [2.05, 4.69) is 19.8 Å². The van der Waals surface area contributed by atoms with Gasteiger partial charge >= 0.3 is 0 Å². The van der Waals surface area contributed by atoms with Gasteiger partial charge in [-0.25, -0.2) is 8.42 Å². The SMILES string of the molecule is C#CCC[CH2-].[CH2-]CCS(=O)(=O)C(C)(C)C.[Y]. The third-order valence-corrected chi connectivity index (χ3v) is 4.36. The Morgan fingerprint density at radius 1 is 1.19 bits per heavy atom. The molecule has 0 saturated carbocycles. The molecule has 4 heteroatoms. The minimum atomic E-state index is -2.91. The van der Waals surface area contributed by atoms with Gasteiger partial charge in [0.2, 0.25) is 0 Å². The van der Waals surface area contributed by atoms with Gasteiger partial charge in [-0.3, -0.25) is 0 Å². The van der Waals surface area contributed by atoms with Gasteiger partial charge in [-0.15, -0.1) is 12.3 Å². The summed E-state index contributed by atoms with van der Waals surface area (Å²) in [6, 6.07) is 0. The van der Waals surface area contributed by atoms with E-state index in [1.165, 1.54) is 0 Å². The third-order valence-electron chi connectivity index (χ3n) is 1.67. The summed E-state index contributed by atoms with van der Waals surface area (Å²) in [5.41, 5.74) is 0. The summed E-state index contributed by atoms with van der Waals surface area (Å²) >= 11 is 0. The zero-order valence-electron chi connectivity index (χ0n) is 10.6. The summed E-state index contributed by atoms with van der Waals surface area (Å²) in [5, 5.41) is 0. The van der Waals surface area contributed by atoms with E-state index < -0.39 is 14.6 Å². The van der Waals surface area contributed by atoms with Crippen molar-refractivity contribution in [1.82, 2.24) is 0 Å². The Balaban J connectivity index is -0.000000242. The van der Waals surface area contributed by atoms with Crippen LogP contribution in [0.2, 0.25) is 0 Å². The maximum Gasteiger partial charge on any atom is 0.152 e. The minimum Gasteiger partial charge on any atom is -0.342 e. The second-order valence-corrected chi connectivity index (χ2v) is 6.95. The van der Waals surface area contributed by atoms with Gasteiger partial charge in [0.1, 0.15) is 0 Å². The average Bonchev–Trinajstić information content (AvgIpc) is 2.04. The molecule has 0 aromatic rings. The molecule has 0 heterocycles. The zero-order valence-corrected chi connectivity index (χ0v) is 14.3.